The average molecular weight is 294 g/mol. The van der Waals surface area contributed by atoms with Gasteiger partial charge in [-0.25, -0.2) is 9.78 Å². The van der Waals surface area contributed by atoms with E-state index in [9.17, 15) is 9.59 Å². The van der Waals surface area contributed by atoms with E-state index in [-0.39, 0.29) is 11.6 Å². The Kier molecular flexibility index (Phi) is 4.65. The van der Waals surface area contributed by atoms with E-state index in [4.69, 9.17) is 10.4 Å². The van der Waals surface area contributed by atoms with Gasteiger partial charge in [0.1, 0.15) is 5.69 Å². The predicted molar refractivity (Wildman–Crippen MR) is 71.6 cm³/mol. The van der Waals surface area contributed by atoms with Gasteiger partial charge in [-0.1, -0.05) is 0 Å². The lowest BCUT2D eigenvalue weighted by Crippen LogP contribution is -2.33. The minimum absolute atomic E-state index is 0.145. The highest BCUT2D eigenvalue weighted by Crippen LogP contribution is 2.30. The molecule has 106 valence electrons. The Morgan fingerprint density at radius 2 is 2.25 bits per heavy atom. The van der Waals surface area contributed by atoms with Crippen LogP contribution in [0.5, 0.6) is 0 Å². The number of thiazole rings is 1. The van der Waals surface area contributed by atoms with Crippen molar-refractivity contribution in [2.75, 3.05) is 19.6 Å². The molecule has 1 fully saturated rings. The van der Waals surface area contributed by atoms with Gasteiger partial charge >= 0.3 is 6.09 Å². The number of hydrogen-bond donors (Lipinski definition) is 2. The molecule has 0 aromatic carbocycles. The summed E-state index contributed by atoms with van der Waals surface area (Å²) in [6.07, 6.45) is 0.416. The number of nitriles is 1. The van der Waals surface area contributed by atoms with Crippen molar-refractivity contribution in [1.82, 2.24) is 15.2 Å². The molecule has 0 aliphatic carbocycles. The molecule has 2 heterocycles. The van der Waals surface area contributed by atoms with Crippen molar-refractivity contribution in [3.63, 3.8) is 0 Å². The van der Waals surface area contributed by atoms with Gasteiger partial charge in [0.25, 0.3) is 5.91 Å². The van der Waals surface area contributed by atoms with Gasteiger partial charge in [0.15, 0.2) is 0 Å². The zero-order valence-electron chi connectivity index (χ0n) is 10.7. The molecule has 1 aromatic rings. The minimum atomic E-state index is -1.38. The third kappa shape index (κ3) is 3.53. The van der Waals surface area contributed by atoms with Gasteiger partial charge in [0.05, 0.1) is 17.6 Å². The van der Waals surface area contributed by atoms with E-state index in [1.807, 2.05) is 0 Å². The summed E-state index contributed by atoms with van der Waals surface area (Å²) in [4.78, 5) is 28.2. The summed E-state index contributed by atoms with van der Waals surface area (Å²) >= 11 is 1.38. The molecule has 0 spiro atoms. The normalized spacial score (nSPS) is 16.6. The lowest BCUT2D eigenvalue weighted by Gasteiger charge is -2.28. The molecule has 1 aliphatic rings. The van der Waals surface area contributed by atoms with Gasteiger partial charge in [0.2, 0.25) is 0 Å². The number of imide groups is 1. The summed E-state index contributed by atoms with van der Waals surface area (Å²) in [6, 6.07) is 2.13. The highest BCUT2D eigenvalue weighted by atomic mass is 32.1. The zero-order chi connectivity index (χ0) is 14.5. The van der Waals surface area contributed by atoms with Crippen LogP contribution < -0.4 is 5.32 Å². The largest absolute Gasteiger partial charge is 0.465 e. The second kappa shape index (κ2) is 6.45. The van der Waals surface area contributed by atoms with Crippen molar-refractivity contribution in [3.8, 4) is 6.07 Å². The van der Waals surface area contributed by atoms with Gasteiger partial charge in [-0.05, 0) is 25.9 Å². The molecule has 2 rings (SSSR count). The molecule has 2 amide bonds. The summed E-state index contributed by atoms with van der Waals surface area (Å²) in [6.45, 7) is 2.12. The van der Waals surface area contributed by atoms with Crippen LogP contribution in [0, 0.1) is 11.3 Å². The van der Waals surface area contributed by atoms with Gasteiger partial charge in [-0.15, -0.1) is 11.3 Å². The monoisotopic (exact) mass is 294 g/mol. The number of nitrogens with one attached hydrogen (secondary N) is 1. The Morgan fingerprint density at radius 3 is 2.85 bits per heavy atom. The van der Waals surface area contributed by atoms with E-state index in [0.717, 1.165) is 30.9 Å². The summed E-state index contributed by atoms with van der Waals surface area (Å²) in [5.41, 5.74) is 0.145. The molecular weight excluding hydrogens is 280 g/mol. The van der Waals surface area contributed by atoms with Gasteiger partial charge in [0, 0.05) is 11.3 Å². The quantitative estimate of drug-likeness (QED) is 0.813. The first kappa shape index (κ1) is 14.4. The number of nitrogens with zero attached hydrogens (tertiary/aromatic N) is 3. The van der Waals surface area contributed by atoms with Crippen LogP contribution in [-0.2, 0) is 0 Å². The van der Waals surface area contributed by atoms with E-state index in [0.29, 0.717) is 6.54 Å². The molecule has 0 atom stereocenters. The van der Waals surface area contributed by atoms with Crippen LogP contribution in [0.2, 0.25) is 0 Å². The molecular formula is C12H14N4O3S. The van der Waals surface area contributed by atoms with Crippen LogP contribution in [-0.4, -0.2) is 46.6 Å². The highest BCUT2D eigenvalue weighted by molar-refractivity contribution is 7.09. The molecule has 0 bridgehead atoms. The first-order valence-electron chi connectivity index (χ1n) is 6.19. The number of carbonyl (C=O) groups excluding carboxylic acids is 1. The zero-order valence-corrected chi connectivity index (χ0v) is 11.5. The third-order valence-electron chi connectivity index (χ3n) is 3.21. The van der Waals surface area contributed by atoms with Crippen LogP contribution in [0.15, 0.2) is 5.38 Å². The fourth-order valence-electron chi connectivity index (χ4n) is 2.18. The molecule has 8 heteroatoms. The molecule has 0 radical (unpaired) electrons. The molecule has 1 aromatic heterocycles. The Labute approximate surface area is 119 Å². The first-order valence-corrected chi connectivity index (χ1v) is 7.07. The molecule has 0 saturated carbocycles. The number of piperidine rings is 1. The predicted octanol–water partition coefficient (Wildman–Crippen LogP) is 1.25. The van der Waals surface area contributed by atoms with Gasteiger partial charge in [-0.3, -0.25) is 15.0 Å². The average Bonchev–Trinajstić information content (AvgIpc) is 2.89. The third-order valence-corrected chi connectivity index (χ3v) is 4.21. The van der Waals surface area contributed by atoms with Crippen LogP contribution in [0.1, 0.15) is 34.3 Å². The van der Waals surface area contributed by atoms with E-state index < -0.39 is 12.0 Å². The Bertz CT molecular complexity index is 543. The molecule has 20 heavy (non-hydrogen) atoms. The molecule has 1 aliphatic heterocycles. The number of aromatic nitrogens is 1. The van der Waals surface area contributed by atoms with Crippen molar-refractivity contribution in [3.05, 3.63) is 16.1 Å². The lowest BCUT2D eigenvalue weighted by atomic mass is 9.97. The topological polar surface area (TPSA) is 106 Å². The van der Waals surface area contributed by atoms with Crippen LogP contribution >= 0.6 is 11.3 Å². The number of likely N-dealkylation sites (tertiary alicyclic amines) is 1. The summed E-state index contributed by atoms with van der Waals surface area (Å²) in [5, 5.41) is 21.3. The second-order valence-corrected chi connectivity index (χ2v) is 5.43. The van der Waals surface area contributed by atoms with Crippen molar-refractivity contribution in [2.24, 2.45) is 0 Å². The maximum Gasteiger partial charge on any atom is 0.411 e. The number of carboxylic acid groups (broad SMARTS) is 1. The van der Waals surface area contributed by atoms with Gasteiger partial charge < -0.3 is 5.11 Å². The summed E-state index contributed by atoms with van der Waals surface area (Å²) < 4.78 is 0. The number of rotatable bonds is 3. The summed E-state index contributed by atoms with van der Waals surface area (Å²) in [5.74, 6) is -0.414. The fraction of sp³-hybridized carbons (Fsp3) is 0.500. The summed E-state index contributed by atoms with van der Waals surface area (Å²) in [7, 11) is 0. The minimum Gasteiger partial charge on any atom is -0.465 e. The Balaban J connectivity index is 1.95. The van der Waals surface area contributed by atoms with Crippen molar-refractivity contribution < 1.29 is 14.7 Å². The highest BCUT2D eigenvalue weighted by Gasteiger charge is 2.24. The number of carbonyl (C=O) groups is 2. The molecule has 1 saturated heterocycles. The maximum atomic E-state index is 11.5. The standard InChI is InChI=1S/C12H14N4O3S/c13-3-6-16-4-1-8(2-5-16)11-14-9(7-20-11)10(17)15-12(18)19/h7-8H,1-2,4-6H2,(H,15,17)(H,18,19). The van der Waals surface area contributed by atoms with Crippen molar-refractivity contribution in [2.45, 2.75) is 18.8 Å². The van der Waals surface area contributed by atoms with Crippen molar-refractivity contribution in [1.29, 1.82) is 5.26 Å². The van der Waals surface area contributed by atoms with Crippen molar-refractivity contribution >= 4 is 23.3 Å². The molecule has 7 nitrogen and oxygen atoms in total. The Hall–Kier alpha value is -1.98. The van der Waals surface area contributed by atoms with Crippen LogP contribution in [0.4, 0.5) is 4.79 Å². The molecule has 0 unspecified atom stereocenters. The van der Waals surface area contributed by atoms with Crippen LogP contribution in [0.3, 0.4) is 0 Å². The number of hydrogen-bond acceptors (Lipinski definition) is 6. The SMILES string of the molecule is N#CCN1CCC(c2nc(C(=O)NC(=O)O)cs2)CC1. The van der Waals surface area contributed by atoms with E-state index >= 15 is 0 Å². The smallest absolute Gasteiger partial charge is 0.411 e. The lowest BCUT2D eigenvalue weighted by molar-refractivity contribution is 0.0943. The van der Waals surface area contributed by atoms with E-state index in [2.05, 4.69) is 16.0 Å². The fourth-order valence-corrected chi connectivity index (χ4v) is 3.15. The Morgan fingerprint density at radius 1 is 1.55 bits per heavy atom. The van der Waals surface area contributed by atoms with E-state index in [1.54, 1.807) is 10.7 Å². The number of amides is 2. The van der Waals surface area contributed by atoms with Gasteiger partial charge in [-0.2, -0.15) is 5.26 Å². The van der Waals surface area contributed by atoms with E-state index in [1.165, 1.54) is 11.3 Å². The second-order valence-electron chi connectivity index (χ2n) is 4.54. The molecule has 2 N–H and O–H groups in total. The maximum absolute atomic E-state index is 11.5. The van der Waals surface area contributed by atoms with Crippen LogP contribution in [0.25, 0.3) is 0 Å². The first-order chi connectivity index (χ1) is 9.60.